The van der Waals surface area contributed by atoms with E-state index >= 15 is 0 Å². The first kappa shape index (κ1) is 21.3. The summed E-state index contributed by atoms with van der Waals surface area (Å²) < 4.78 is 0. The summed E-state index contributed by atoms with van der Waals surface area (Å²) in [6, 6.07) is 7.90. The third-order valence-corrected chi connectivity index (χ3v) is 6.06. The Bertz CT molecular complexity index is 956. The SMILES string of the molecule is CN1CCN(c2ccc(N3CCN(C(=O)c4ccc([N+](=O)[O-])cc4Cl)CC3)nn2)CC1. The largest absolute Gasteiger partial charge is 0.353 e. The first-order valence-electron chi connectivity index (χ1n) is 10.2. The molecule has 4 rings (SSSR count). The second-order valence-electron chi connectivity index (χ2n) is 7.74. The molecule has 2 saturated heterocycles. The molecule has 2 fully saturated rings. The first-order valence-corrected chi connectivity index (χ1v) is 10.6. The number of anilines is 2. The Morgan fingerprint density at radius 1 is 0.935 bits per heavy atom. The summed E-state index contributed by atoms with van der Waals surface area (Å²) in [4.78, 5) is 31.5. The number of hydrogen-bond donors (Lipinski definition) is 0. The molecule has 0 bridgehead atoms. The number of non-ortho nitro benzene ring substituents is 1. The van der Waals surface area contributed by atoms with Crippen LogP contribution in [0, 0.1) is 10.1 Å². The van der Waals surface area contributed by atoms with Crippen LogP contribution in [0.4, 0.5) is 17.3 Å². The molecule has 0 saturated carbocycles. The van der Waals surface area contributed by atoms with E-state index in [1.807, 2.05) is 12.1 Å². The number of carbonyl (C=O) groups is 1. The predicted molar refractivity (Wildman–Crippen MR) is 118 cm³/mol. The van der Waals surface area contributed by atoms with E-state index < -0.39 is 4.92 Å². The fraction of sp³-hybridized carbons (Fsp3) is 0.450. The van der Waals surface area contributed by atoms with Crippen LogP contribution in [-0.2, 0) is 0 Å². The number of likely N-dealkylation sites (N-methyl/N-ethyl adjacent to an activating group) is 1. The van der Waals surface area contributed by atoms with Gasteiger partial charge in [-0.1, -0.05) is 11.6 Å². The number of halogens is 1. The lowest BCUT2D eigenvalue weighted by molar-refractivity contribution is -0.384. The van der Waals surface area contributed by atoms with E-state index in [-0.39, 0.29) is 22.2 Å². The Morgan fingerprint density at radius 3 is 1.97 bits per heavy atom. The van der Waals surface area contributed by atoms with Gasteiger partial charge in [-0.25, -0.2) is 0 Å². The zero-order valence-electron chi connectivity index (χ0n) is 17.3. The molecule has 1 amide bonds. The number of rotatable bonds is 4. The first-order chi connectivity index (χ1) is 14.9. The van der Waals surface area contributed by atoms with Crippen LogP contribution in [0.3, 0.4) is 0 Å². The number of nitro groups is 1. The van der Waals surface area contributed by atoms with E-state index in [2.05, 4.69) is 31.9 Å². The van der Waals surface area contributed by atoms with Crippen molar-refractivity contribution < 1.29 is 9.72 Å². The van der Waals surface area contributed by atoms with Gasteiger partial charge >= 0.3 is 0 Å². The summed E-state index contributed by atoms with van der Waals surface area (Å²) in [7, 11) is 2.12. The molecule has 2 aromatic rings. The van der Waals surface area contributed by atoms with Gasteiger partial charge in [-0.3, -0.25) is 14.9 Å². The Balaban J connectivity index is 1.35. The molecule has 1 aromatic heterocycles. The molecule has 0 atom stereocenters. The molecule has 2 aliphatic rings. The minimum absolute atomic E-state index is 0.0898. The molecule has 1 aromatic carbocycles. The third-order valence-electron chi connectivity index (χ3n) is 5.75. The zero-order valence-corrected chi connectivity index (χ0v) is 18.0. The van der Waals surface area contributed by atoms with Crippen molar-refractivity contribution in [2.75, 3.05) is 69.2 Å². The molecule has 0 aliphatic carbocycles. The number of amides is 1. The van der Waals surface area contributed by atoms with Crippen molar-refractivity contribution in [2.45, 2.75) is 0 Å². The van der Waals surface area contributed by atoms with Crippen molar-refractivity contribution in [3.63, 3.8) is 0 Å². The number of nitrogens with zero attached hydrogens (tertiary/aromatic N) is 7. The molecule has 11 heteroatoms. The second kappa shape index (κ2) is 9.03. The lowest BCUT2D eigenvalue weighted by Gasteiger charge is -2.36. The fourth-order valence-electron chi connectivity index (χ4n) is 3.79. The Hall–Kier alpha value is -2.98. The van der Waals surface area contributed by atoms with Gasteiger partial charge in [-0.2, -0.15) is 0 Å². The summed E-state index contributed by atoms with van der Waals surface area (Å²) in [5, 5.41) is 19.7. The van der Waals surface area contributed by atoms with E-state index in [9.17, 15) is 14.9 Å². The molecule has 0 radical (unpaired) electrons. The highest BCUT2D eigenvalue weighted by Gasteiger charge is 2.25. The van der Waals surface area contributed by atoms with Crippen LogP contribution in [-0.4, -0.2) is 90.2 Å². The molecule has 0 N–H and O–H groups in total. The summed E-state index contributed by atoms with van der Waals surface area (Å²) in [6.45, 7) is 6.17. The quantitative estimate of drug-likeness (QED) is 0.518. The number of nitro benzene ring substituents is 1. The molecule has 0 spiro atoms. The van der Waals surface area contributed by atoms with Gasteiger partial charge in [0.25, 0.3) is 11.6 Å². The van der Waals surface area contributed by atoms with E-state index in [4.69, 9.17) is 11.6 Å². The van der Waals surface area contributed by atoms with Gasteiger partial charge < -0.3 is 19.6 Å². The maximum atomic E-state index is 12.8. The standard InChI is InChI=1S/C20H24ClN7O3/c1-24-6-8-25(9-7-24)18-4-5-19(23-22-18)26-10-12-27(13-11-26)20(29)16-3-2-15(28(30)31)14-17(16)21/h2-5,14H,6-13H2,1H3. The van der Waals surface area contributed by atoms with E-state index in [1.165, 1.54) is 18.2 Å². The molecule has 31 heavy (non-hydrogen) atoms. The molecule has 2 aliphatic heterocycles. The van der Waals surface area contributed by atoms with Crippen LogP contribution >= 0.6 is 11.6 Å². The molecule has 10 nitrogen and oxygen atoms in total. The van der Waals surface area contributed by atoms with Crippen LogP contribution in [0.5, 0.6) is 0 Å². The summed E-state index contributed by atoms with van der Waals surface area (Å²) >= 11 is 6.11. The second-order valence-corrected chi connectivity index (χ2v) is 8.15. The maximum Gasteiger partial charge on any atom is 0.270 e. The maximum absolute atomic E-state index is 12.8. The van der Waals surface area contributed by atoms with Crippen molar-refractivity contribution in [1.82, 2.24) is 20.0 Å². The number of benzene rings is 1. The van der Waals surface area contributed by atoms with Crippen LogP contribution < -0.4 is 9.80 Å². The van der Waals surface area contributed by atoms with E-state index in [0.717, 1.165) is 37.8 Å². The molecular weight excluding hydrogens is 422 g/mol. The molecule has 0 unspecified atom stereocenters. The van der Waals surface area contributed by atoms with Crippen LogP contribution in [0.25, 0.3) is 0 Å². The monoisotopic (exact) mass is 445 g/mol. The van der Waals surface area contributed by atoms with Gasteiger partial charge in [-0.15, -0.1) is 10.2 Å². The minimum atomic E-state index is -0.533. The molecule has 164 valence electrons. The highest BCUT2D eigenvalue weighted by Crippen LogP contribution is 2.25. The van der Waals surface area contributed by atoms with Gasteiger partial charge in [-0.05, 0) is 25.2 Å². The molecular formula is C20H24ClN7O3. The summed E-state index contributed by atoms with van der Waals surface area (Å²) in [5.74, 6) is 1.45. The van der Waals surface area contributed by atoms with Gasteiger partial charge in [0.2, 0.25) is 0 Å². The van der Waals surface area contributed by atoms with Gasteiger partial charge in [0.15, 0.2) is 11.6 Å². The minimum Gasteiger partial charge on any atom is -0.353 e. The van der Waals surface area contributed by atoms with Crippen LogP contribution in [0.1, 0.15) is 10.4 Å². The zero-order chi connectivity index (χ0) is 22.0. The number of piperazine rings is 2. The van der Waals surface area contributed by atoms with E-state index in [1.54, 1.807) is 4.90 Å². The van der Waals surface area contributed by atoms with Crippen molar-refractivity contribution in [2.24, 2.45) is 0 Å². The Morgan fingerprint density at radius 2 is 1.48 bits per heavy atom. The topological polar surface area (TPSA) is 99.0 Å². The van der Waals surface area contributed by atoms with Gasteiger partial charge in [0, 0.05) is 64.5 Å². The van der Waals surface area contributed by atoms with Crippen molar-refractivity contribution in [1.29, 1.82) is 0 Å². The average Bonchev–Trinajstić information content (AvgIpc) is 2.79. The normalized spacial score (nSPS) is 17.7. The van der Waals surface area contributed by atoms with E-state index in [0.29, 0.717) is 26.2 Å². The van der Waals surface area contributed by atoms with Crippen molar-refractivity contribution >= 4 is 34.8 Å². The summed E-state index contributed by atoms with van der Waals surface area (Å²) in [6.07, 6.45) is 0. The lowest BCUT2D eigenvalue weighted by Crippen LogP contribution is -2.49. The number of aromatic nitrogens is 2. The number of carbonyl (C=O) groups excluding carboxylic acids is 1. The Labute approximate surface area is 185 Å². The smallest absolute Gasteiger partial charge is 0.270 e. The van der Waals surface area contributed by atoms with Crippen LogP contribution in [0.2, 0.25) is 5.02 Å². The lowest BCUT2D eigenvalue weighted by atomic mass is 10.1. The summed E-state index contributed by atoms with van der Waals surface area (Å²) in [5.41, 5.74) is 0.141. The Kier molecular flexibility index (Phi) is 6.19. The molecule has 3 heterocycles. The van der Waals surface area contributed by atoms with Crippen molar-refractivity contribution in [3.8, 4) is 0 Å². The van der Waals surface area contributed by atoms with Crippen LogP contribution in [0.15, 0.2) is 30.3 Å². The van der Waals surface area contributed by atoms with Gasteiger partial charge in [0.1, 0.15) is 0 Å². The highest BCUT2D eigenvalue weighted by molar-refractivity contribution is 6.34. The predicted octanol–water partition coefficient (Wildman–Crippen LogP) is 1.75. The highest BCUT2D eigenvalue weighted by atomic mass is 35.5. The fourth-order valence-corrected chi connectivity index (χ4v) is 4.05. The van der Waals surface area contributed by atoms with Crippen molar-refractivity contribution in [3.05, 3.63) is 51.0 Å². The average molecular weight is 446 g/mol. The van der Waals surface area contributed by atoms with Gasteiger partial charge in [0.05, 0.1) is 15.5 Å². The third kappa shape index (κ3) is 4.70. The number of hydrogen-bond acceptors (Lipinski definition) is 8.